The summed E-state index contributed by atoms with van der Waals surface area (Å²) >= 11 is 1.42. The fraction of sp³-hybridized carbons (Fsp3) is 0.647. The normalized spacial score (nSPS) is 19.6. The van der Waals surface area contributed by atoms with Crippen LogP contribution in [0.2, 0.25) is 0 Å². The first-order valence-electron chi connectivity index (χ1n) is 8.57. The zero-order chi connectivity index (χ0) is 16.8. The molecular weight excluding hydrogens is 328 g/mol. The minimum absolute atomic E-state index is 0.0603. The van der Waals surface area contributed by atoms with E-state index in [1.165, 1.54) is 11.3 Å². The van der Waals surface area contributed by atoms with E-state index in [-0.39, 0.29) is 18.1 Å². The van der Waals surface area contributed by atoms with Crippen molar-refractivity contribution in [1.29, 1.82) is 0 Å². The summed E-state index contributed by atoms with van der Waals surface area (Å²) in [5.74, 6) is 0.517. The third-order valence-corrected chi connectivity index (χ3v) is 5.39. The molecule has 3 rings (SSSR count). The molecule has 0 aliphatic carbocycles. The lowest BCUT2D eigenvalue weighted by Crippen LogP contribution is -2.41. The lowest BCUT2D eigenvalue weighted by Gasteiger charge is -2.34. The first-order chi connectivity index (χ1) is 11.7. The van der Waals surface area contributed by atoms with Crippen LogP contribution in [0.3, 0.4) is 0 Å². The van der Waals surface area contributed by atoms with Crippen molar-refractivity contribution in [2.24, 2.45) is 5.92 Å². The van der Waals surface area contributed by atoms with E-state index in [2.05, 4.69) is 5.32 Å². The van der Waals surface area contributed by atoms with E-state index < -0.39 is 0 Å². The standard InChI is InChI=1S/C17H24N2O4S/c20-15(4-1-7-18-16(21)14-3-2-12-24-14)19-8-5-13(6-9-19)17-22-10-11-23-17/h2-3,12-13,17H,1,4-11H2,(H,18,21). The molecular formula is C17H24N2O4S. The number of thiophene rings is 1. The number of rotatable bonds is 6. The molecule has 1 N–H and O–H groups in total. The molecule has 0 aromatic carbocycles. The second-order valence-electron chi connectivity index (χ2n) is 6.16. The summed E-state index contributed by atoms with van der Waals surface area (Å²) in [7, 11) is 0. The van der Waals surface area contributed by atoms with Crippen LogP contribution in [-0.4, -0.2) is 55.9 Å². The summed E-state index contributed by atoms with van der Waals surface area (Å²) in [6, 6.07) is 3.65. The first kappa shape index (κ1) is 17.4. The number of nitrogens with zero attached hydrogens (tertiary/aromatic N) is 1. The number of amides is 2. The van der Waals surface area contributed by atoms with E-state index in [4.69, 9.17) is 9.47 Å². The quantitative estimate of drug-likeness (QED) is 0.794. The topological polar surface area (TPSA) is 67.9 Å². The Morgan fingerprint density at radius 3 is 2.67 bits per heavy atom. The first-order valence-corrected chi connectivity index (χ1v) is 9.44. The Labute approximate surface area is 146 Å². The van der Waals surface area contributed by atoms with Gasteiger partial charge in [0.25, 0.3) is 5.91 Å². The second-order valence-corrected chi connectivity index (χ2v) is 7.11. The predicted octanol–water partition coefficient (Wildman–Crippen LogP) is 1.87. The van der Waals surface area contributed by atoms with Gasteiger partial charge in [0.1, 0.15) is 0 Å². The van der Waals surface area contributed by atoms with E-state index >= 15 is 0 Å². The van der Waals surface area contributed by atoms with Crippen LogP contribution in [0.5, 0.6) is 0 Å². The van der Waals surface area contributed by atoms with Gasteiger partial charge < -0.3 is 19.7 Å². The molecule has 2 aliphatic heterocycles. The second kappa shape index (κ2) is 8.60. The van der Waals surface area contributed by atoms with Gasteiger partial charge in [0.15, 0.2) is 6.29 Å². The molecule has 0 unspecified atom stereocenters. The van der Waals surface area contributed by atoms with E-state index in [1.807, 2.05) is 16.3 Å². The average Bonchev–Trinajstić information content (AvgIpc) is 3.32. The van der Waals surface area contributed by atoms with Gasteiger partial charge in [-0.3, -0.25) is 9.59 Å². The monoisotopic (exact) mass is 352 g/mol. The van der Waals surface area contributed by atoms with Crippen LogP contribution < -0.4 is 5.32 Å². The van der Waals surface area contributed by atoms with Crippen molar-refractivity contribution in [1.82, 2.24) is 10.2 Å². The average molecular weight is 352 g/mol. The van der Waals surface area contributed by atoms with Crippen LogP contribution in [0, 0.1) is 5.92 Å². The lowest BCUT2D eigenvalue weighted by molar-refractivity contribution is -0.136. The van der Waals surface area contributed by atoms with E-state index in [1.54, 1.807) is 6.07 Å². The van der Waals surface area contributed by atoms with Crippen molar-refractivity contribution in [2.75, 3.05) is 32.8 Å². The molecule has 0 saturated carbocycles. The number of likely N-dealkylation sites (tertiary alicyclic amines) is 1. The fourth-order valence-electron chi connectivity index (χ4n) is 3.16. The SMILES string of the molecule is O=C(NCCCC(=O)N1CCC(C2OCCO2)CC1)c1cccs1. The van der Waals surface area contributed by atoms with E-state index in [0.717, 1.165) is 25.9 Å². The number of ether oxygens (including phenoxy) is 2. The van der Waals surface area contributed by atoms with E-state index in [9.17, 15) is 9.59 Å². The molecule has 0 atom stereocenters. The van der Waals surface area contributed by atoms with Gasteiger partial charge in [-0.15, -0.1) is 11.3 Å². The third kappa shape index (κ3) is 4.55. The lowest BCUT2D eigenvalue weighted by atomic mass is 9.96. The highest BCUT2D eigenvalue weighted by Crippen LogP contribution is 2.26. The molecule has 6 nitrogen and oxygen atoms in total. The Morgan fingerprint density at radius 2 is 2.00 bits per heavy atom. The zero-order valence-electron chi connectivity index (χ0n) is 13.7. The van der Waals surface area contributed by atoms with Gasteiger partial charge in [-0.25, -0.2) is 0 Å². The Balaban J connectivity index is 1.30. The largest absolute Gasteiger partial charge is 0.351 e. The molecule has 0 radical (unpaired) electrons. The Hall–Kier alpha value is -1.44. The van der Waals surface area contributed by atoms with Crippen molar-refractivity contribution in [3.05, 3.63) is 22.4 Å². The molecule has 0 spiro atoms. The molecule has 2 fully saturated rings. The number of carbonyl (C=O) groups is 2. The Morgan fingerprint density at radius 1 is 1.25 bits per heavy atom. The van der Waals surface area contributed by atoms with Gasteiger partial charge >= 0.3 is 0 Å². The Kier molecular flexibility index (Phi) is 6.23. The van der Waals surface area contributed by atoms with Crippen LogP contribution in [0.15, 0.2) is 17.5 Å². The summed E-state index contributed by atoms with van der Waals surface area (Å²) in [5, 5.41) is 4.73. The van der Waals surface area contributed by atoms with Crippen LogP contribution in [0.4, 0.5) is 0 Å². The van der Waals surface area contributed by atoms with Crippen LogP contribution in [0.1, 0.15) is 35.4 Å². The number of nitrogens with one attached hydrogen (secondary N) is 1. The molecule has 3 heterocycles. The van der Waals surface area contributed by atoms with Gasteiger partial charge in [0, 0.05) is 32.0 Å². The van der Waals surface area contributed by atoms with Gasteiger partial charge in [-0.2, -0.15) is 0 Å². The maximum Gasteiger partial charge on any atom is 0.261 e. The van der Waals surface area contributed by atoms with Gasteiger partial charge in [0.2, 0.25) is 5.91 Å². The fourth-order valence-corrected chi connectivity index (χ4v) is 3.80. The minimum Gasteiger partial charge on any atom is -0.351 e. The highest BCUT2D eigenvalue weighted by molar-refractivity contribution is 7.12. The molecule has 7 heteroatoms. The Bertz CT molecular complexity index is 535. The molecule has 132 valence electrons. The summed E-state index contributed by atoms with van der Waals surface area (Å²) in [6.07, 6.45) is 2.95. The minimum atomic E-state index is -0.0743. The van der Waals surface area contributed by atoms with Crippen molar-refractivity contribution < 1.29 is 19.1 Å². The molecule has 2 amide bonds. The number of carbonyl (C=O) groups excluding carboxylic acids is 2. The smallest absolute Gasteiger partial charge is 0.261 e. The van der Waals surface area contributed by atoms with Gasteiger partial charge in [0.05, 0.1) is 18.1 Å². The number of hydrogen-bond acceptors (Lipinski definition) is 5. The number of piperidine rings is 1. The van der Waals surface area contributed by atoms with Crippen LogP contribution >= 0.6 is 11.3 Å². The number of hydrogen-bond donors (Lipinski definition) is 1. The molecule has 2 saturated heterocycles. The molecule has 1 aromatic rings. The highest BCUT2D eigenvalue weighted by Gasteiger charge is 2.31. The summed E-state index contributed by atoms with van der Waals surface area (Å²) in [6.45, 7) is 3.44. The van der Waals surface area contributed by atoms with Gasteiger partial charge in [-0.1, -0.05) is 6.07 Å². The van der Waals surface area contributed by atoms with Crippen molar-refractivity contribution in [2.45, 2.75) is 32.0 Å². The van der Waals surface area contributed by atoms with Crippen molar-refractivity contribution in [3.63, 3.8) is 0 Å². The molecule has 0 bridgehead atoms. The van der Waals surface area contributed by atoms with E-state index in [0.29, 0.717) is 43.4 Å². The maximum atomic E-state index is 12.3. The molecule has 1 aromatic heterocycles. The molecule has 2 aliphatic rings. The van der Waals surface area contributed by atoms with Crippen LogP contribution in [-0.2, 0) is 14.3 Å². The van der Waals surface area contributed by atoms with Crippen molar-refractivity contribution >= 4 is 23.2 Å². The summed E-state index contributed by atoms with van der Waals surface area (Å²) in [4.78, 5) is 26.7. The maximum absolute atomic E-state index is 12.3. The predicted molar refractivity (Wildman–Crippen MR) is 90.9 cm³/mol. The van der Waals surface area contributed by atoms with Crippen molar-refractivity contribution in [3.8, 4) is 0 Å². The molecule has 24 heavy (non-hydrogen) atoms. The summed E-state index contributed by atoms with van der Waals surface area (Å²) in [5.41, 5.74) is 0. The summed E-state index contributed by atoms with van der Waals surface area (Å²) < 4.78 is 11.1. The zero-order valence-corrected chi connectivity index (χ0v) is 14.6. The van der Waals surface area contributed by atoms with Crippen LogP contribution in [0.25, 0.3) is 0 Å². The van der Waals surface area contributed by atoms with Gasteiger partial charge in [-0.05, 0) is 30.7 Å². The highest BCUT2D eigenvalue weighted by atomic mass is 32.1. The third-order valence-electron chi connectivity index (χ3n) is 4.52.